The molecular weight excluding hydrogens is 334 g/mol. The minimum atomic E-state index is -3.80. The summed E-state index contributed by atoms with van der Waals surface area (Å²) in [5.74, 6) is 0.987. The molecule has 0 saturated carbocycles. The van der Waals surface area contributed by atoms with Gasteiger partial charge in [-0.3, -0.25) is 0 Å². The maximum atomic E-state index is 12.3. The SMILES string of the molecule is CC[C@H](C)CN(C)Cc1ccc(OS(=O)(=O)c2ccc(C)cc2)cc1. The van der Waals surface area contributed by atoms with Gasteiger partial charge in [-0.1, -0.05) is 50.1 Å². The lowest BCUT2D eigenvalue weighted by molar-refractivity contribution is 0.275. The Balaban J connectivity index is 2.01. The van der Waals surface area contributed by atoms with Crippen molar-refractivity contribution >= 4 is 10.1 Å². The van der Waals surface area contributed by atoms with Crippen LogP contribution in [0.1, 0.15) is 31.4 Å². The fourth-order valence-corrected chi connectivity index (χ4v) is 3.50. The lowest BCUT2D eigenvalue weighted by Gasteiger charge is -2.20. The van der Waals surface area contributed by atoms with Crippen molar-refractivity contribution in [2.24, 2.45) is 5.92 Å². The number of nitrogens with zero attached hydrogens (tertiary/aromatic N) is 1. The van der Waals surface area contributed by atoms with Gasteiger partial charge in [0.25, 0.3) is 0 Å². The van der Waals surface area contributed by atoms with Crippen molar-refractivity contribution in [1.82, 2.24) is 4.90 Å². The van der Waals surface area contributed by atoms with E-state index >= 15 is 0 Å². The molecule has 25 heavy (non-hydrogen) atoms. The minimum Gasteiger partial charge on any atom is -0.379 e. The average Bonchev–Trinajstić information content (AvgIpc) is 2.56. The van der Waals surface area contributed by atoms with Gasteiger partial charge in [0, 0.05) is 13.1 Å². The highest BCUT2D eigenvalue weighted by atomic mass is 32.2. The lowest BCUT2D eigenvalue weighted by Crippen LogP contribution is -2.23. The van der Waals surface area contributed by atoms with Gasteiger partial charge < -0.3 is 9.08 Å². The molecule has 0 amide bonds. The van der Waals surface area contributed by atoms with Crippen LogP contribution in [-0.4, -0.2) is 26.9 Å². The molecule has 0 heterocycles. The monoisotopic (exact) mass is 361 g/mol. The summed E-state index contributed by atoms with van der Waals surface area (Å²) in [6.45, 7) is 8.21. The molecule has 0 radical (unpaired) electrons. The van der Waals surface area contributed by atoms with Crippen molar-refractivity contribution in [3.8, 4) is 5.75 Å². The second-order valence-electron chi connectivity index (χ2n) is 6.70. The zero-order valence-electron chi connectivity index (χ0n) is 15.4. The maximum Gasteiger partial charge on any atom is 0.339 e. The molecule has 0 spiro atoms. The highest BCUT2D eigenvalue weighted by Gasteiger charge is 2.16. The number of hydrogen-bond acceptors (Lipinski definition) is 4. The van der Waals surface area contributed by atoms with Crippen LogP contribution in [-0.2, 0) is 16.7 Å². The van der Waals surface area contributed by atoms with Crippen molar-refractivity contribution in [1.29, 1.82) is 0 Å². The zero-order valence-corrected chi connectivity index (χ0v) is 16.2. The average molecular weight is 362 g/mol. The molecule has 2 aromatic carbocycles. The van der Waals surface area contributed by atoms with E-state index in [9.17, 15) is 8.42 Å². The fraction of sp³-hybridized carbons (Fsp3) is 0.400. The molecular formula is C20H27NO3S. The minimum absolute atomic E-state index is 0.162. The molecule has 0 bridgehead atoms. The number of benzene rings is 2. The van der Waals surface area contributed by atoms with Crippen molar-refractivity contribution in [2.45, 2.75) is 38.6 Å². The third-order valence-corrected chi connectivity index (χ3v) is 5.47. The van der Waals surface area contributed by atoms with Gasteiger partial charge in [0.05, 0.1) is 0 Å². The molecule has 0 aromatic heterocycles. The van der Waals surface area contributed by atoms with E-state index in [1.807, 2.05) is 19.1 Å². The van der Waals surface area contributed by atoms with Crippen molar-refractivity contribution in [3.63, 3.8) is 0 Å². The summed E-state index contributed by atoms with van der Waals surface area (Å²) in [5, 5.41) is 0. The second kappa shape index (κ2) is 8.50. The summed E-state index contributed by atoms with van der Waals surface area (Å²) in [6, 6.07) is 13.9. The molecule has 1 atom stereocenters. The Morgan fingerprint density at radius 2 is 1.64 bits per heavy atom. The van der Waals surface area contributed by atoms with Gasteiger partial charge in [-0.25, -0.2) is 0 Å². The van der Waals surface area contributed by atoms with Crippen LogP contribution in [0.15, 0.2) is 53.4 Å². The molecule has 2 rings (SSSR count). The van der Waals surface area contributed by atoms with Crippen LogP contribution in [0.25, 0.3) is 0 Å². The van der Waals surface area contributed by atoms with Gasteiger partial charge in [0.15, 0.2) is 0 Å². The van der Waals surface area contributed by atoms with Crippen molar-refractivity contribution in [2.75, 3.05) is 13.6 Å². The van der Waals surface area contributed by atoms with Crippen LogP contribution in [0.4, 0.5) is 0 Å². The van der Waals surface area contributed by atoms with Crippen LogP contribution in [0.3, 0.4) is 0 Å². The molecule has 136 valence electrons. The first-order chi connectivity index (χ1) is 11.8. The van der Waals surface area contributed by atoms with E-state index in [0.29, 0.717) is 11.7 Å². The maximum absolute atomic E-state index is 12.3. The quantitative estimate of drug-likeness (QED) is 0.660. The second-order valence-corrected chi connectivity index (χ2v) is 8.25. The van der Waals surface area contributed by atoms with Crippen LogP contribution >= 0.6 is 0 Å². The zero-order chi connectivity index (χ0) is 18.4. The first-order valence-electron chi connectivity index (χ1n) is 8.59. The van der Waals surface area contributed by atoms with Crippen LogP contribution < -0.4 is 4.18 Å². The van der Waals surface area contributed by atoms with E-state index in [4.69, 9.17) is 4.18 Å². The topological polar surface area (TPSA) is 46.6 Å². The highest BCUT2D eigenvalue weighted by molar-refractivity contribution is 7.87. The van der Waals surface area contributed by atoms with E-state index in [1.165, 1.54) is 0 Å². The van der Waals surface area contributed by atoms with Crippen LogP contribution in [0, 0.1) is 12.8 Å². The van der Waals surface area contributed by atoms with Gasteiger partial charge in [0.2, 0.25) is 0 Å². The predicted octanol–water partition coefficient (Wildman–Crippen LogP) is 4.24. The number of rotatable bonds is 8. The summed E-state index contributed by atoms with van der Waals surface area (Å²) >= 11 is 0. The molecule has 0 fully saturated rings. The van der Waals surface area contributed by atoms with Crippen LogP contribution in [0.5, 0.6) is 5.75 Å². The third kappa shape index (κ3) is 5.87. The molecule has 0 aliphatic heterocycles. The van der Waals surface area contributed by atoms with E-state index in [0.717, 1.165) is 30.6 Å². The summed E-state index contributed by atoms with van der Waals surface area (Å²) < 4.78 is 29.8. The van der Waals surface area contributed by atoms with E-state index in [1.54, 1.807) is 36.4 Å². The van der Waals surface area contributed by atoms with Crippen molar-refractivity contribution < 1.29 is 12.6 Å². The van der Waals surface area contributed by atoms with Gasteiger partial charge in [-0.05, 0) is 49.7 Å². The Kier molecular flexibility index (Phi) is 6.62. The standard InChI is InChI=1S/C20H27NO3S/c1-5-16(2)14-21(4)15-18-8-10-19(11-9-18)24-25(22,23)20-12-6-17(3)7-13-20/h6-13,16H,5,14-15H2,1-4H3/t16-/m0/s1. The van der Waals surface area contributed by atoms with Gasteiger partial charge in [-0.15, -0.1) is 0 Å². The van der Waals surface area contributed by atoms with Gasteiger partial charge in [-0.2, -0.15) is 8.42 Å². The Morgan fingerprint density at radius 1 is 1.04 bits per heavy atom. The summed E-state index contributed by atoms with van der Waals surface area (Å²) in [5.41, 5.74) is 2.13. The summed E-state index contributed by atoms with van der Waals surface area (Å²) in [7, 11) is -1.70. The first-order valence-corrected chi connectivity index (χ1v) is 9.99. The van der Waals surface area contributed by atoms with Gasteiger partial charge >= 0.3 is 10.1 Å². The number of aryl methyl sites for hydroxylation is 1. The first kappa shape index (κ1) is 19.5. The molecule has 4 nitrogen and oxygen atoms in total. The molecule has 0 N–H and O–H groups in total. The van der Waals surface area contributed by atoms with E-state index < -0.39 is 10.1 Å². The molecule has 5 heteroatoms. The fourth-order valence-electron chi connectivity index (χ4n) is 2.57. The highest BCUT2D eigenvalue weighted by Crippen LogP contribution is 2.20. The molecule has 0 unspecified atom stereocenters. The Bertz CT molecular complexity index is 768. The van der Waals surface area contributed by atoms with Crippen molar-refractivity contribution in [3.05, 3.63) is 59.7 Å². The normalized spacial score (nSPS) is 13.0. The Labute approximate surface area is 151 Å². The largest absolute Gasteiger partial charge is 0.379 e. The predicted molar refractivity (Wildman–Crippen MR) is 101 cm³/mol. The molecule has 2 aromatic rings. The smallest absolute Gasteiger partial charge is 0.339 e. The van der Waals surface area contributed by atoms with E-state index in [-0.39, 0.29) is 4.90 Å². The van der Waals surface area contributed by atoms with Crippen LogP contribution in [0.2, 0.25) is 0 Å². The Hall–Kier alpha value is -1.85. The summed E-state index contributed by atoms with van der Waals surface area (Å²) in [4.78, 5) is 2.43. The summed E-state index contributed by atoms with van der Waals surface area (Å²) in [6.07, 6.45) is 1.16. The van der Waals surface area contributed by atoms with E-state index in [2.05, 4.69) is 25.8 Å². The lowest BCUT2D eigenvalue weighted by atomic mass is 10.1. The third-order valence-electron chi connectivity index (χ3n) is 4.21. The van der Waals surface area contributed by atoms with Gasteiger partial charge in [0.1, 0.15) is 10.6 Å². The Morgan fingerprint density at radius 3 is 2.20 bits per heavy atom. The molecule has 0 aliphatic carbocycles. The number of hydrogen-bond donors (Lipinski definition) is 0. The molecule has 0 saturated heterocycles. The molecule has 0 aliphatic rings.